The Bertz CT molecular complexity index is 426. The van der Waals surface area contributed by atoms with Gasteiger partial charge in [0.25, 0.3) is 0 Å². The van der Waals surface area contributed by atoms with Crippen molar-refractivity contribution in [1.82, 2.24) is 0 Å². The number of halogens is 1. The molecule has 2 bridgehead atoms. The van der Waals surface area contributed by atoms with E-state index < -0.39 is 23.0 Å². The van der Waals surface area contributed by atoms with Crippen LogP contribution < -0.4 is 0 Å². The molecule has 0 saturated heterocycles. The first-order valence-electron chi connectivity index (χ1n) is 4.06. The number of rotatable bonds is 2. The molecular formula is C10H7FO3. The Hall–Kier alpha value is -1.71. The first-order valence-corrected chi connectivity index (χ1v) is 4.06. The van der Waals surface area contributed by atoms with Crippen molar-refractivity contribution in [2.75, 3.05) is 0 Å². The number of carbonyl (C=O) groups is 2. The summed E-state index contributed by atoms with van der Waals surface area (Å²) < 4.78 is 13.2. The molecule has 1 N–H and O–H groups in total. The van der Waals surface area contributed by atoms with Gasteiger partial charge in [0.15, 0.2) is 11.2 Å². The van der Waals surface area contributed by atoms with Crippen LogP contribution in [0.25, 0.3) is 0 Å². The van der Waals surface area contributed by atoms with Gasteiger partial charge in [0, 0.05) is 5.57 Å². The minimum Gasteiger partial charge on any atom is -0.480 e. The van der Waals surface area contributed by atoms with E-state index in [1.54, 1.807) is 0 Å². The molecule has 0 spiro atoms. The number of hydrogen-bond donors (Lipinski definition) is 1. The van der Waals surface area contributed by atoms with Crippen LogP contribution in [-0.4, -0.2) is 16.9 Å². The molecular weight excluding hydrogens is 187 g/mol. The molecule has 0 heterocycles. The first-order chi connectivity index (χ1) is 6.51. The van der Waals surface area contributed by atoms with Crippen LogP contribution in [0.2, 0.25) is 0 Å². The zero-order valence-electron chi connectivity index (χ0n) is 7.37. The van der Waals surface area contributed by atoms with Crippen LogP contribution in [0, 0.1) is 5.41 Å². The van der Waals surface area contributed by atoms with Crippen LogP contribution >= 0.6 is 0 Å². The highest BCUT2D eigenvalue weighted by molar-refractivity contribution is 6.12. The molecule has 2 aliphatic rings. The quantitative estimate of drug-likeness (QED) is 0.675. The van der Waals surface area contributed by atoms with Gasteiger partial charge in [-0.3, -0.25) is 9.59 Å². The molecule has 0 fully saturated rings. The second-order valence-corrected chi connectivity index (χ2v) is 3.31. The Kier molecular flexibility index (Phi) is 1.52. The number of hydrogen-bond acceptors (Lipinski definition) is 2. The Morgan fingerprint density at radius 3 is 2.29 bits per heavy atom. The van der Waals surface area contributed by atoms with Crippen molar-refractivity contribution in [2.24, 2.45) is 5.41 Å². The largest absolute Gasteiger partial charge is 0.480 e. The highest BCUT2D eigenvalue weighted by atomic mass is 19.1. The van der Waals surface area contributed by atoms with Crippen LogP contribution in [0.1, 0.15) is 6.92 Å². The van der Waals surface area contributed by atoms with Crippen molar-refractivity contribution in [3.05, 3.63) is 35.2 Å². The third-order valence-electron chi connectivity index (χ3n) is 2.65. The Labute approximate surface area is 79.2 Å². The second kappa shape index (κ2) is 2.41. The van der Waals surface area contributed by atoms with E-state index in [1.165, 1.54) is 12.2 Å². The fraction of sp³-hybridized carbons (Fsp3) is 0.200. The third kappa shape index (κ3) is 0.713. The number of fused-ring (bicyclic) bond motifs is 2. The number of Topliss-reactive ketones (excluding diaryl/α,β-unsaturated/α-hetero) is 1. The molecule has 0 aromatic carbocycles. The van der Waals surface area contributed by atoms with Gasteiger partial charge >= 0.3 is 5.97 Å². The van der Waals surface area contributed by atoms with E-state index in [4.69, 9.17) is 5.11 Å². The molecule has 0 aromatic rings. The highest BCUT2D eigenvalue weighted by Crippen LogP contribution is 2.50. The number of ketones is 1. The summed E-state index contributed by atoms with van der Waals surface area (Å²) in [7, 11) is 0. The number of carboxylic acid groups (broad SMARTS) is 1. The van der Waals surface area contributed by atoms with E-state index in [9.17, 15) is 14.0 Å². The lowest BCUT2D eigenvalue weighted by Crippen LogP contribution is -2.37. The third-order valence-corrected chi connectivity index (χ3v) is 2.65. The van der Waals surface area contributed by atoms with E-state index in [0.29, 0.717) is 0 Å². The van der Waals surface area contributed by atoms with Crippen molar-refractivity contribution >= 4 is 11.8 Å². The lowest BCUT2D eigenvalue weighted by atomic mass is 9.78. The zero-order valence-corrected chi connectivity index (χ0v) is 7.37. The van der Waals surface area contributed by atoms with Crippen LogP contribution in [0.5, 0.6) is 0 Å². The molecule has 14 heavy (non-hydrogen) atoms. The smallest absolute Gasteiger partial charge is 0.326 e. The number of carboxylic acids is 1. The van der Waals surface area contributed by atoms with E-state index in [1.807, 2.05) is 0 Å². The summed E-state index contributed by atoms with van der Waals surface area (Å²) in [6.45, 7) is 1.16. The normalized spacial score (nSPS) is 28.3. The Morgan fingerprint density at radius 2 is 2.07 bits per heavy atom. The summed E-state index contributed by atoms with van der Waals surface area (Å²) in [6, 6.07) is 0. The summed E-state index contributed by atoms with van der Waals surface area (Å²) >= 11 is 0. The Morgan fingerprint density at radius 1 is 1.43 bits per heavy atom. The lowest BCUT2D eigenvalue weighted by molar-refractivity contribution is -0.148. The van der Waals surface area contributed by atoms with E-state index in [2.05, 4.69) is 0 Å². The maximum atomic E-state index is 13.2. The van der Waals surface area contributed by atoms with Gasteiger partial charge in [-0.25, -0.2) is 4.39 Å². The molecule has 1 atom stereocenters. The molecule has 0 aromatic heterocycles. The van der Waals surface area contributed by atoms with Crippen molar-refractivity contribution in [3.8, 4) is 0 Å². The molecule has 0 radical (unpaired) electrons. The van der Waals surface area contributed by atoms with Crippen LogP contribution in [-0.2, 0) is 9.59 Å². The average molecular weight is 194 g/mol. The van der Waals surface area contributed by atoms with Gasteiger partial charge in [0.05, 0.1) is 0 Å². The minimum atomic E-state index is -1.77. The summed E-state index contributed by atoms with van der Waals surface area (Å²) in [4.78, 5) is 22.4. The second-order valence-electron chi connectivity index (χ2n) is 3.31. The van der Waals surface area contributed by atoms with Crippen molar-refractivity contribution in [1.29, 1.82) is 0 Å². The molecule has 0 saturated carbocycles. The first kappa shape index (κ1) is 8.87. The standard InChI is InChI=1S/C10H7FO3/c1-5(12)10(9(13)14)6-2-3-7(10)8(11)4-6/h2-4H,1H3,(H,13,14). The molecule has 1 unspecified atom stereocenters. The minimum absolute atomic E-state index is 0.0486. The van der Waals surface area contributed by atoms with Gasteiger partial charge in [0.1, 0.15) is 5.83 Å². The molecule has 0 amide bonds. The molecule has 2 rings (SSSR count). The molecule has 4 heteroatoms. The van der Waals surface area contributed by atoms with Gasteiger partial charge in [-0.2, -0.15) is 0 Å². The van der Waals surface area contributed by atoms with Gasteiger partial charge in [0.2, 0.25) is 0 Å². The number of carbonyl (C=O) groups excluding carboxylic acids is 1. The highest BCUT2D eigenvalue weighted by Gasteiger charge is 2.55. The molecule has 72 valence electrons. The monoisotopic (exact) mass is 194 g/mol. The summed E-state index contributed by atoms with van der Waals surface area (Å²) in [5.74, 6) is -2.51. The lowest BCUT2D eigenvalue weighted by Gasteiger charge is -2.20. The van der Waals surface area contributed by atoms with Gasteiger partial charge in [-0.05, 0) is 18.6 Å². The predicted octanol–water partition coefficient (Wildman–Crippen LogP) is 1.38. The van der Waals surface area contributed by atoms with Crippen LogP contribution in [0.15, 0.2) is 35.2 Å². The zero-order chi connectivity index (χ0) is 10.5. The summed E-state index contributed by atoms with van der Waals surface area (Å²) in [6.07, 6.45) is 3.92. The van der Waals surface area contributed by atoms with Gasteiger partial charge < -0.3 is 5.11 Å². The van der Waals surface area contributed by atoms with Crippen molar-refractivity contribution in [3.63, 3.8) is 0 Å². The van der Waals surface area contributed by atoms with Crippen molar-refractivity contribution < 1.29 is 19.1 Å². The fourth-order valence-electron chi connectivity index (χ4n) is 1.99. The molecule has 3 nitrogen and oxygen atoms in total. The maximum Gasteiger partial charge on any atom is 0.326 e. The number of allylic oxidation sites excluding steroid dienone is 4. The predicted molar refractivity (Wildman–Crippen MR) is 46.1 cm³/mol. The van der Waals surface area contributed by atoms with Gasteiger partial charge in [-0.15, -0.1) is 0 Å². The summed E-state index contributed by atoms with van der Waals surface area (Å²) in [5.41, 5.74) is -1.61. The Balaban J connectivity index is 2.71. The van der Waals surface area contributed by atoms with E-state index in [-0.39, 0.29) is 11.1 Å². The van der Waals surface area contributed by atoms with E-state index in [0.717, 1.165) is 13.0 Å². The van der Waals surface area contributed by atoms with E-state index >= 15 is 0 Å². The topological polar surface area (TPSA) is 54.4 Å². The molecule has 2 aliphatic carbocycles. The SMILES string of the molecule is CC(=O)C1(C(=O)O)C2=CC(F)=C1C=C2. The maximum absolute atomic E-state index is 13.2. The van der Waals surface area contributed by atoms with Crippen LogP contribution in [0.3, 0.4) is 0 Å². The summed E-state index contributed by atoms with van der Waals surface area (Å²) in [5, 5.41) is 9.03. The molecule has 0 aliphatic heterocycles. The van der Waals surface area contributed by atoms with Crippen molar-refractivity contribution in [2.45, 2.75) is 6.92 Å². The average Bonchev–Trinajstić information content (AvgIpc) is 2.55. The van der Waals surface area contributed by atoms with Crippen LogP contribution in [0.4, 0.5) is 4.39 Å². The number of aliphatic carboxylic acids is 1. The fourth-order valence-corrected chi connectivity index (χ4v) is 1.99. The van der Waals surface area contributed by atoms with Gasteiger partial charge in [-0.1, -0.05) is 12.2 Å².